The Labute approximate surface area is 156 Å². The van der Waals surface area contributed by atoms with Gasteiger partial charge in [-0.25, -0.2) is 4.98 Å². The summed E-state index contributed by atoms with van der Waals surface area (Å²) < 4.78 is 5.88. The van der Waals surface area contributed by atoms with Gasteiger partial charge in [0, 0.05) is 36.5 Å². The van der Waals surface area contributed by atoms with E-state index in [4.69, 9.17) is 9.41 Å². The molecule has 1 unspecified atom stereocenters. The van der Waals surface area contributed by atoms with Crippen molar-refractivity contribution in [1.29, 1.82) is 0 Å². The van der Waals surface area contributed by atoms with Crippen LogP contribution < -0.4 is 0 Å². The first kappa shape index (κ1) is 16.1. The van der Waals surface area contributed by atoms with Crippen LogP contribution in [0.5, 0.6) is 0 Å². The number of carbonyl (C=O) groups excluding carboxylic acids is 1. The van der Waals surface area contributed by atoms with E-state index < -0.39 is 0 Å². The van der Waals surface area contributed by atoms with Gasteiger partial charge < -0.3 is 4.42 Å². The fraction of sp³-hybridized carbons (Fsp3) is 0.273. The summed E-state index contributed by atoms with van der Waals surface area (Å²) in [5, 5.41) is 0. The van der Waals surface area contributed by atoms with Gasteiger partial charge in [-0.1, -0.05) is 23.8 Å². The third kappa shape index (κ3) is 2.99. The number of para-hydroxylation sites is 2. The maximum atomic E-state index is 12.6. The standard InChI is InChI=1S/C22H19N3O2/c26-18-8-3-5-14-11-16(12-20-25-17-7-1-2-9-19(17)27-20)24-22(21(14)18)15-6-4-10-23-13-15/h1-2,4,6-7,9-10,13,22H,3,5,8,11-12H2. The lowest BCUT2D eigenvalue weighted by Crippen LogP contribution is -2.24. The highest BCUT2D eigenvalue weighted by molar-refractivity contribution is 6.02. The smallest absolute Gasteiger partial charge is 0.201 e. The molecule has 5 heteroatoms. The van der Waals surface area contributed by atoms with Crippen molar-refractivity contribution >= 4 is 22.6 Å². The lowest BCUT2D eigenvalue weighted by Gasteiger charge is -2.29. The number of Topliss-reactive ketones (excluding diaryl/α,β-unsaturated/α-hetero) is 1. The molecule has 0 N–H and O–H groups in total. The molecule has 5 rings (SSSR count). The number of carbonyl (C=O) groups is 1. The Bertz CT molecular complexity index is 1050. The summed E-state index contributed by atoms with van der Waals surface area (Å²) in [6.07, 6.45) is 7.35. The number of oxazole rings is 1. The molecule has 1 aliphatic carbocycles. The monoisotopic (exact) mass is 357 g/mol. The van der Waals surface area contributed by atoms with Crippen LogP contribution in [0.2, 0.25) is 0 Å². The Balaban J connectivity index is 1.52. The summed E-state index contributed by atoms with van der Waals surface area (Å²) >= 11 is 0. The molecule has 0 saturated heterocycles. The van der Waals surface area contributed by atoms with E-state index in [1.54, 1.807) is 6.20 Å². The zero-order valence-corrected chi connectivity index (χ0v) is 14.9. The third-order valence-electron chi connectivity index (χ3n) is 5.26. The number of dihydropyridines is 1. The minimum atomic E-state index is -0.255. The molecule has 3 heterocycles. The zero-order valence-electron chi connectivity index (χ0n) is 14.9. The molecule has 0 fully saturated rings. The molecule has 0 saturated carbocycles. The topological polar surface area (TPSA) is 68.3 Å². The molecule has 27 heavy (non-hydrogen) atoms. The maximum Gasteiger partial charge on any atom is 0.201 e. The highest BCUT2D eigenvalue weighted by Gasteiger charge is 2.32. The fourth-order valence-corrected chi connectivity index (χ4v) is 4.05. The normalized spacial score (nSPS) is 19.9. The van der Waals surface area contributed by atoms with Gasteiger partial charge in [0.25, 0.3) is 0 Å². The van der Waals surface area contributed by atoms with E-state index in [-0.39, 0.29) is 11.8 Å². The first-order chi connectivity index (χ1) is 13.3. The van der Waals surface area contributed by atoms with Gasteiger partial charge in [-0.2, -0.15) is 0 Å². The summed E-state index contributed by atoms with van der Waals surface area (Å²) in [6, 6.07) is 11.4. The molecule has 1 atom stereocenters. The molecule has 0 amide bonds. The molecule has 2 aromatic heterocycles. The Morgan fingerprint density at radius 1 is 1.11 bits per heavy atom. The quantitative estimate of drug-likeness (QED) is 0.697. The van der Waals surface area contributed by atoms with Crippen molar-refractivity contribution in [1.82, 2.24) is 9.97 Å². The highest BCUT2D eigenvalue weighted by Crippen LogP contribution is 2.39. The predicted molar refractivity (Wildman–Crippen MR) is 103 cm³/mol. The molecule has 1 aliphatic heterocycles. The number of fused-ring (bicyclic) bond motifs is 1. The van der Waals surface area contributed by atoms with E-state index in [9.17, 15) is 4.79 Å². The van der Waals surface area contributed by atoms with Crippen LogP contribution in [0.15, 0.2) is 69.3 Å². The fourth-order valence-electron chi connectivity index (χ4n) is 4.05. The van der Waals surface area contributed by atoms with Crippen molar-refractivity contribution < 1.29 is 9.21 Å². The van der Waals surface area contributed by atoms with Crippen LogP contribution in [0.4, 0.5) is 0 Å². The number of pyridine rings is 1. The summed E-state index contributed by atoms with van der Waals surface area (Å²) in [5.74, 6) is 0.904. The predicted octanol–water partition coefficient (Wildman–Crippen LogP) is 4.40. The largest absolute Gasteiger partial charge is 0.440 e. The minimum Gasteiger partial charge on any atom is -0.440 e. The van der Waals surface area contributed by atoms with E-state index >= 15 is 0 Å². The molecular weight excluding hydrogens is 338 g/mol. The number of benzene rings is 1. The first-order valence-electron chi connectivity index (χ1n) is 9.33. The Hall–Kier alpha value is -3.08. The van der Waals surface area contributed by atoms with Gasteiger partial charge in [0.2, 0.25) is 5.89 Å². The third-order valence-corrected chi connectivity index (χ3v) is 5.26. The van der Waals surface area contributed by atoms with E-state index in [2.05, 4.69) is 9.97 Å². The second kappa shape index (κ2) is 6.58. The molecule has 1 aromatic carbocycles. The van der Waals surface area contributed by atoms with Crippen LogP contribution in [0.1, 0.15) is 43.2 Å². The maximum absolute atomic E-state index is 12.6. The first-order valence-corrected chi connectivity index (χ1v) is 9.33. The Kier molecular flexibility index (Phi) is 3.93. The molecular formula is C22H19N3O2. The number of nitrogens with zero attached hydrogens (tertiary/aromatic N) is 3. The van der Waals surface area contributed by atoms with Gasteiger partial charge in [-0.3, -0.25) is 14.8 Å². The Morgan fingerprint density at radius 3 is 2.89 bits per heavy atom. The lowest BCUT2D eigenvalue weighted by atomic mass is 9.80. The summed E-state index contributed by atoms with van der Waals surface area (Å²) in [6.45, 7) is 0. The van der Waals surface area contributed by atoms with Gasteiger partial charge in [-0.05, 0) is 36.6 Å². The summed E-state index contributed by atoms with van der Waals surface area (Å²) in [7, 11) is 0. The summed E-state index contributed by atoms with van der Waals surface area (Å²) in [4.78, 5) is 26.4. The van der Waals surface area contributed by atoms with E-state index in [0.29, 0.717) is 18.7 Å². The summed E-state index contributed by atoms with van der Waals surface area (Å²) in [5.41, 5.74) is 5.75. The van der Waals surface area contributed by atoms with Crippen LogP contribution in [0.3, 0.4) is 0 Å². The van der Waals surface area contributed by atoms with E-state index in [1.807, 2.05) is 42.6 Å². The number of rotatable bonds is 3. The number of aromatic nitrogens is 2. The number of ketones is 1. The lowest BCUT2D eigenvalue weighted by molar-refractivity contribution is -0.116. The number of aliphatic imine (C=N–C) groups is 1. The van der Waals surface area contributed by atoms with E-state index in [1.165, 1.54) is 5.57 Å². The van der Waals surface area contributed by atoms with Crippen LogP contribution in [-0.4, -0.2) is 21.5 Å². The van der Waals surface area contributed by atoms with Crippen molar-refractivity contribution in [3.05, 3.63) is 71.4 Å². The average Bonchev–Trinajstić information content (AvgIpc) is 3.10. The second-order valence-corrected chi connectivity index (χ2v) is 7.11. The van der Waals surface area contributed by atoms with Crippen molar-refractivity contribution in [2.45, 2.75) is 38.1 Å². The van der Waals surface area contributed by atoms with Gasteiger partial charge in [0.05, 0.1) is 6.42 Å². The number of hydrogen-bond donors (Lipinski definition) is 0. The second-order valence-electron chi connectivity index (χ2n) is 7.11. The highest BCUT2D eigenvalue weighted by atomic mass is 16.3. The van der Waals surface area contributed by atoms with Crippen molar-refractivity contribution in [3.8, 4) is 0 Å². The average molecular weight is 357 g/mol. The van der Waals surface area contributed by atoms with Crippen molar-refractivity contribution in [3.63, 3.8) is 0 Å². The SMILES string of the molecule is O=C1CCCC2=C1C(c1cccnc1)N=C(Cc1nc3ccccc3o1)C2. The molecule has 2 aliphatic rings. The Morgan fingerprint density at radius 2 is 2.04 bits per heavy atom. The molecule has 3 aromatic rings. The minimum absolute atomic E-state index is 0.231. The molecule has 0 radical (unpaired) electrons. The van der Waals surface area contributed by atoms with Crippen LogP contribution in [0, 0.1) is 0 Å². The van der Waals surface area contributed by atoms with Crippen LogP contribution in [0.25, 0.3) is 11.1 Å². The zero-order chi connectivity index (χ0) is 18.2. The van der Waals surface area contributed by atoms with Gasteiger partial charge in [0.1, 0.15) is 11.6 Å². The van der Waals surface area contributed by atoms with Crippen molar-refractivity contribution in [2.24, 2.45) is 4.99 Å². The van der Waals surface area contributed by atoms with Crippen LogP contribution in [-0.2, 0) is 11.2 Å². The molecule has 134 valence electrons. The van der Waals surface area contributed by atoms with Crippen molar-refractivity contribution in [2.75, 3.05) is 0 Å². The van der Waals surface area contributed by atoms with Gasteiger partial charge >= 0.3 is 0 Å². The number of allylic oxidation sites excluding steroid dienone is 1. The molecule has 0 bridgehead atoms. The molecule has 5 nitrogen and oxygen atoms in total. The van der Waals surface area contributed by atoms with E-state index in [0.717, 1.165) is 47.2 Å². The van der Waals surface area contributed by atoms with Gasteiger partial charge in [0.15, 0.2) is 11.4 Å². The van der Waals surface area contributed by atoms with Gasteiger partial charge in [-0.15, -0.1) is 0 Å². The number of hydrogen-bond acceptors (Lipinski definition) is 5. The molecule has 0 spiro atoms. The van der Waals surface area contributed by atoms with Crippen LogP contribution >= 0.6 is 0 Å².